The van der Waals surface area contributed by atoms with Gasteiger partial charge in [-0.25, -0.2) is 0 Å². The first-order valence-corrected chi connectivity index (χ1v) is 8.98. The van der Waals surface area contributed by atoms with E-state index >= 15 is 0 Å². The van der Waals surface area contributed by atoms with Crippen LogP contribution in [0.2, 0.25) is 0 Å². The fourth-order valence-corrected chi connectivity index (χ4v) is 5.06. The van der Waals surface area contributed by atoms with E-state index in [1.54, 1.807) is 0 Å². The molecule has 128 valence electrons. The van der Waals surface area contributed by atoms with Crippen molar-refractivity contribution in [3.63, 3.8) is 0 Å². The van der Waals surface area contributed by atoms with Crippen molar-refractivity contribution in [2.24, 2.45) is 17.8 Å². The second-order valence-corrected chi connectivity index (χ2v) is 7.65. The molecule has 1 saturated carbocycles. The minimum absolute atomic E-state index is 0. The number of nitrogens with zero attached hydrogens (tertiary/aromatic N) is 1. The molecule has 4 fully saturated rings. The summed E-state index contributed by atoms with van der Waals surface area (Å²) in [5, 5.41) is 5.42. The molecule has 0 aromatic heterocycles. The molecule has 3 heterocycles. The lowest BCUT2D eigenvalue weighted by atomic mass is 9.65. The first kappa shape index (κ1) is 16.4. The Balaban J connectivity index is 0.00000157. The third-order valence-electron chi connectivity index (χ3n) is 5.97. The molecule has 2 aromatic carbocycles. The Labute approximate surface area is 150 Å². The van der Waals surface area contributed by atoms with Gasteiger partial charge in [-0.15, -0.1) is 0 Å². The van der Waals surface area contributed by atoms with E-state index in [-0.39, 0.29) is 14.3 Å². The maximum absolute atomic E-state index is 12.5. The average molecular weight is 332 g/mol. The van der Waals surface area contributed by atoms with Crippen molar-refractivity contribution in [3.05, 3.63) is 54.1 Å². The Morgan fingerprint density at radius 2 is 1.72 bits per heavy atom. The van der Waals surface area contributed by atoms with Crippen LogP contribution in [0, 0.1) is 17.8 Å². The van der Waals surface area contributed by atoms with Gasteiger partial charge in [-0.05, 0) is 53.5 Å². The van der Waals surface area contributed by atoms with Gasteiger partial charge >= 0.3 is 0 Å². The van der Waals surface area contributed by atoms with Crippen LogP contribution in [0.3, 0.4) is 0 Å². The molecular weight excluding hydrogens is 307 g/mol. The predicted octanol–water partition coefficient (Wildman–Crippen LogP) is 2.49. The number of benzene rings is 2. The summed E-state index contributed by atoms with van der Waals surface area (Å²) >= 11 is 0. The van der Waals surface area contributed by atoms with Crippen molar-refractivity contribution < 1.29 is 4.79 Å². The number of anilines is 1. The first-order valence-electron chi connectivity index (χ1n) is 8.98. The highest BCUT2D eigenvalue weighted by molar-refractivity contribution is 6.01. The molecule has 3 aliphatic heterocycles. The first-order chi connectivity index (χ1) is 11.7. The maximum Gasteiger partial charge on any atom is 0.248 e. The lowest BCUT2D eigenvalue weighted by molar-refractivity contribution is -0.112. The van der Waals surface area contributed by atoms with E-state index in [9.17, 15) is 4.79 Å². The molecule has 1 aliphatic carbocycles. The minimum atomic E-state index is 0. The summed E-state index contributed by atoms with van der Waals surface area (Å²) in [6.45, 7) is 3.59. The highest BCUT2D eigenvalue weighted by Gasteiger charge is 2.44. The van der Waals surface area contributed by atoms with Crippen molar-refractivity contribution in [3.8, 4) is 0 Å². The van der Waals surface area contributed by atoms with E-state index in [1.165, 1.54) is 30.3 Å². The van der Waals surface area contributed by atoms with E-state index < -0.39 is 0 Å². The third kappa shape index (κ3) is 3.00. The second kappa shape index (κ2) is 6.34. The molecule has 1 amide bonds. The molecular formula is C21H25BN2O. The number of carbonyl (C=O) groups excluding carboxylic acids is 1. The van der Waals surface area contributed by atoms with Gasteiger partial charge < -0.3 is 10.2 Å². The molecule has 1 N–H and O–H groups in total. The lowest BCUT2D eigenvalue weighted by Gasteiger charge is -2.53. The number of fused-ring (bicyclic) bond motifs is 1. The van der Waals surface area contributed by atoms with Crippen LogP contribution in [0.25, 0.3) is 10.8 Å². The second-order valence-electron chi connectivity index (χ2n) is 7.65. The van der Waals surface area contributed by atoms with Gasteiger partial charge in [0.05, 0.1) is 8.41 Å². The smallest absolute Gasteiger partial charge is 0.248 e. The van der Waals surface area contributed by atoms with Crippen LogP contribution in [0.5, 0.6) is 0 Å². The summed E-state index contributed by atoms with van der Waals surface area (Å²) in [6.07, 6.45) is 4.47. The van der Waals surface area contributed by atoms with Crippen molar-refractivity contribution in [2.45, 2.75) is 12.8 Å². The number of hydrogen-bond donors (Lipinski definition) is 1. The highest BCUT2D eigenvalue weighted by atomic mass is 16.1. The molecule has 3 nitrogen and oxygen atoms in total. The lowest BCUT2D eigenvalue weighted by Crippen LogP contribution is -2.54. The number of amides is 1. The van der Waals surface area contributed by atoms with Crippen molar-refractivity contribution >= 4 is 30.8 Å². The fraction of sp³-hybridized carbons (Fsp3) is 0.381. The summed E-state index contributed by atoms with van der Waals surface area (Å²) in [5.74, 6) is 2.11. The van der Waals surface area contributed by atoms with Gasteiger partial charge in [0.15, 0.2) is 0 Å². The quantitative estimate of drug-likeness (QED) is 0.677. The zero-order valence-corrected chi connectivity index (χ0v) is 13.7. The molecule has 25 heavy (non-hydrogen) atoms. The molecule has 3 saturated heterocycles. The van der Waals surface area contributed by atoms with Crippen LogP contribution in [0.1, 0.15) is 12.8 Å². The largest absolute Gasteiger partial charge is 0.322 e. The van der Waals surface area contributed by atoms with Crippen molar-refractivity contribution in [1.29, 1.82) is 0 Å². The number of carbonyl (C=O) groups is 1. The number of hydrogen-bond acceptors (Lipinski definition) is 2. The Morgan fingerprint density at radius 3 is 2.44 bits per heavy atom. The van der Waals surface area contributed by atoms with Crippen LogP contribution in [0.15, 0.2) is 54.1 Å². The molecule has 2 atom stereocenters. The molecule has 6 rings (SSSR count). The number of nitrogens with one attached hydrogen (secondary N) is 1. The normalized spacial score (nSPS) is 29.4. The van der Waals surface area contributed by atoms with Gasteiger partial charge in [0.25, 0.3) is 0 Å². The molecule has 0 radical (unpaired) electrons. The Morgan fingerprint density at radius 1 is 1.00 bits per heavy atom. The molecule has 2 aromatic rings. The number of rotatable bonds is 2. The highest BCUT2D eigenvalue weighted by Crippen LogP contribution is 2.46. The zero-order chi connectivity index (χ0) is 16.1. The summed E-state index contributed by atoms with van der Waals surface area (Å²) in [4.78, 5) is 15.1. The topological polar surface area (TPSA) is 32.3 Å². The van der Waals surface area contributed by atoms with Gasteiger partial charge in [-0.1, -0.05) is 35.9 Å². The summed E-state index contributed by atoms with van der Waals surface area (Å²) in [5.41, 5.74) is 2.28. The minimum Gasteiger partial charge on any atom is -0.322 e. The van der Waals surface area contributed by atoms with Crippen LogP contribution in [0.4, 0.5) is 5.69 Å². The van der Waals surface area contributed by atoms with Crippen LogP contribution in [-0.2, 0) is 4.79 Å². The standard InChI is InChI=1S/C21H22N2O.BH3/c24-21(22-19-6-5-15-3-1-2-4-16(15)9-19)10-20-17-7-14-8-18(20)13-23(11-14)12-17;/h1-6,9-10,14,17-18H,7-8,11-13H2,(H,22,24);1H3. The summed E-state index contributed by atoms with van der Waals surface area (Å²) < 4.78 is 0. The Kier molecular flexibility index (Phi) is 4.16. The Hall–Kier alpha value is -2.07. The summed E-state index contributed by atoms with van der Waals surface area (Å²) in [6, 6.07) is 14.3. The molecule has 4 heteroatoms. The predicted molar refractivity (Wildman–Crippen MR) is 107 cm³/mol. The Bertz CT molecular complexity index is 815. The van der Waals surface area contributed by atoms with Crippen molar-refractivity contribution in [1.82, 2.24) is 4.90 Å². The molecule has 2 unspecified atom stereocenters. The molecule has 4 bridgehead atoms. The van der Waals surface area contributed by atoms with Crippen LogP contribution < -0.4 is 5.32 Å². The van der Waals surface area contributed by atoms with Gasteiger partial charge in [-0.2, -0.15) is 0 Å². The van der Waals surface area contributed by atoms with Gasteiger partial charge in [0.2, 0.25) is 5.91 Å². The van der Waals surface area contributed by atoms with Gasteiger partial charge in [0, 0.05) is 31.4 Å². The molecule has 4 aliphatic rings. The number of piperidine rings is 3. The summed E-state index contributed by atoms with van der Waals surface area (Å²) in [7, 11) is 0. The van der Waals surface area contributed by atoms with Crippen LogP contribution >= 0.6 is 0 Å². The maximum atomic E-state index is 12.5. The SMILES string of the molecule is B.O=C(C=C1C2CC3CC1CN(C3)C2)Nc1ccc2ccccc2c1. The fourth-order valence-electron chi connectivity index (χ4n) is 5.06. The van der Waals surface area contributed by atoms with Gasteiger partial charge in [0.1, 0.15) is 0 Å². The van der Waals surface area contributed by atoms with Crippen LogP contribution in [-0.4, -0.2) is 38.9 Å². The zero-order valence-electron chi connectivity index (χ0n) is 13.7. The van der Waals surface area contributed by atoms with Crippen molar-refractivity contribution in [2.75, 3.05) is 25.0 Å². The van der Waals surface area contributed by atoms with E-state index in [1.807, 2.05) is 30.3 Å². The third-order valence-corrected chi connectivity index (χ3v) is 5.97. The van der Waals surface area contributed by atoms with E-state index in [0.717, 1.165) is 30.1 Å². The van der Waals surface area contributed by atoms with E-state index in [0.29, 0.717) is 11.8 Å². The average Bonchev–Trinajstić information content (AvgIpc) is 2.57. The van der Waals surface area contributed by atoms with E-state index in [4.69, 9.17) is 0 Å². The molecule has 0 spiro atoms. The van der Waals surface area contributed by atoms with E-state index in [2.05, 4.69) is 28.4 Å². The van der Waals surface area contributed by atoms with Gasteiger partial charge in [-0.3, -0.25) is 4.79 Å². The monoisotopic (exact) mass is 332 g/mol.